The molecule has 0 saturated carbocycles. The number of carbonyl (C=O) groups excluding carboxylic acids is 1. The van der Waals surface area contributed by atoms with E-state index >= 15 is 0 Å². The largest absolute Gasteiger partial charge is 0.344 e. The van der Waals surface area contributed by atoms with E-state index in [0.29, 0.717) is 19.0 Å². The third-order valence-corrected chi connectivity index (χ3v) is 4.65. The Morgan fingerprint density at radius 1 is 1.00 bits per heavy atom. The number of hydrogen-bond donors (Lipinski definition) is 1. The zero-order valence-electron chi connectivity index (χ0n) is 14.9. The molecular weight excluding hydrogens is 342 g/mol. The highest BCUT2D eigenvalue weighted by Gasteiger charge is 2.27. The fourth-order valence-corrected chi connectivity index (χ4v) is 3.20. The van der Waals surface area contributed by atoms with E-state index in [2.05, 4.69) is 15.5 Å². The van der Waals surface area contributed by atoms with E-state index in [4.69, 9.17) is 0 Å². The molecule has 7 nitrogen and oxygen atoms in total. The molecule has 27 heavy (non-hydrogen) atoms. The smallest absolute Gasteiger partial charge is 0.286 e. The van der Waals surface area contributed by atoms with Crippen molar-refractivity contribution in [3.63, 3.8) is 0 Å². The van der Waals surface area contributed by atoms with E-state index in [9.17, 15) is 9.59 Å². The number of aromatic nitrogens is 3. The summed E-state index contributed by atoms with van der Waals surface area (Å²) in [6.07, 6.45) is 0. The number of carbonyl (C=O) groups is 1. The number of hydrogen-bond acceptors (Lipinski definition) is 5. The van der Waals surface area contributed by atoms with Gasteiger partial charge in [0.2, 0.25) is 11.6 Å². The van der Waals surface area contributed by atoms with E-state index in [1.165, 1.54) is 4.57 Å². The molecule has 7 heteroatoms. The van der Waals surface area contributed by atoms with Crippen molar-refractivity contribution in [1.29, 1.82) is 0 Å². The van der Waals surface area contributed by atoms with Crippen LogP contribution in [0.3, 0.4) is 0 Å². The van der Waals surface area contributed by atoms with Crippen molar-refractivity contribution in [2.75, 3.05) is 11.4 Å². The lowest BCUT2D eigenvalue weighted by Crippen LogP contribution is -2.36. The zero-order chi connectivity index (χ0) is 18.8. The van der Waals surface area contributed by atoms with Crippen LogP contribution in [0.25, 0.3) is 0 Å². The Hall–Kier alpha value is -3.48. The van der Waals surface area contributed by atoms with Crippen molar-refractivity contribution < 1.29 is 4.79 Å². The average Bonchev–Trinajstić information content (AvgIpc) is 3.14. The van der Waals surface area contributed by atoms with E-state index in [-0.39, 0.29) is 11.7 Å². The molecule has 1 aromatic heterocycles. The molecule has 1 aliphatic rings. The van der Waals surface area contributed by atoms with Crippen molar-refractivity contribution in [3.8, 4) is 0 Å². The van der Waals surface area contributed by atoms with Crippen LogP contribution in [0.15, 0.2) is 65.5 Å². The van der Waals surface area contributed by atoms with Crippen molar-refractivity contribution in [1.82, 2.24) is 20.1 Å². The molecule has 1 atom stereocenters. The lowest BCUT2D eigenvalue weighted by atomic mass is 10.1. The van der Waals surface area contributed by atoms with E-state index in [1.54, 1.807) is 0 Å². The number of fused-ring (bicyclic) bond motifs is 1. The summed E-state index contributed by atoms with van der Waals surface area (Å²) in [6.45, 7) is 2.94. The van der Waals surface area contributed by atoms with Gasteiger partial charge >= 0.3 is 0 Å². The summed E-state index contributed by atoms with van der Waals surface area (Å²) in [5.74, 6) is -0.0591. The van der Waals surface area contributed by atoms with Gasteiger partial charge in [-0.05, 0) is 24.6 Å². The molecule has 136 valence electrons. The number of benzene rings is 2. The van der Waals surface area contributed by atoms with Crippen LogP contribution < -0.4 is 15.8 Å². The fraction of sp³-hybridized carbons (Fsp3) is 0.200. The Morgan fingerprint density at radius 2 is 1.67 bits per heavy atom. The SMILES string of the molecule is CC(NC(=O)c1nnc2n(c1=O)CCN2c1ccccc1)c1ccccc1. The maximum Gasteiger partial charge on any atom is 0.286 e. The molecule has 0 spiro atoms. The van der Waals surface area contributed by atoms with Gasteiger partial charge in [-0.3, -0.25) is 14.2 Å². The Morgan fingerprint density at radius 3 is 2.37 bits per heavy atom. The van der Waals surface area contributed by atoms with Crippen LogP contribution in [-0.4, -0.2) is 27.2 Å². The first-order chi connectivity index (χ1) is 13.1. The number of amides is 1. The van der Waals surface area contributed by atoms with E-state index in [1.807, 2.05) is 72.5 Å². The maximum absolute atomic E-state index is 12.8. The minimum Gasteiger partial charge on any atom is -0.344 e. The number of nitrogens with one attached hydrogen (secondary N) is 1. The monoisotopic (exact) mass is 361 g/mol. The van der Waals surface area contributed by atoms with Gasteiger partial charge in [0.25, 0.3) is 11.5 Å². The number of para-hydroxylation sites is 1. The predicted molar refractivity (Wildman–Crippen MR) is 102 cm³/mol. The van der Waals surface area contributed by atoms with Gasteiger partial charge in [-0.1, -0.05) is 48.5 Å². The molecule has 0 aliphatic carbocycles. The second kappa shape index (κ2) is 7.03. The molecule has 1 unspecified atom stereocenters. The van der Waals surface area contributed by atoms with Crippen LogP contribution in [0.1, 0.15) is 29.0 Å². The molecule has 0 fully saturated rings. The van der Waals surface area contributed by atoms with Crippen LogP contribution in [-0.2, 0) is 6.54 Å². The second-order valence-corrected chi connectivity index (χ2v) is 6.40. The Kier molecular flexibility index (Phi) is 4.42. The minimum atomic E-state index is -0.516. The number of nitrogens with zero attached hydrogens (tertiary/aromatic N) is 4. The standard InChI is InChI=1S/C20H19N5O2/c1-14(15-8-4-2-5-9-15)21-18(26)17-19(27)25-13-12-24(20(25)23-22-17)16-10-6-3-7-11-16/h2-11,14H,12-13H2,1H3,(H,21,26). The summed E-state index contributed by atoms with van der Waals surface area (Å²) < 4.78 is 1.50. The molecule has 2 heterocycles. The van der Waals surface area contributed by atoms with E-state index in [0.717, 1.165) is 11.3 Å². The Labute approximate surface area is 156 Å². The first-order valence-corrected chi connectivity index (χ1v) is 8.81. The molecule has 0 saturated heterocycles. The second-order valence-electron chi connectivity index (χ2n) is 6.40. The van der Waals surface area contributed by atoms with Gasteiger partial charge < -0.3 is 10.2 Å². The number of rotatable bonds is 4. The van der Waals surface area contributed by atoms with Gasteiger partial charge in [0.15, 0.2) is 0 Å². The normalized spacial score (nSPS) is 13.9. The van der Waals surface area contributed by atoms with Crippen LogP contribution in [0, 0.1) is 0 Å². The molecule has 4 rings (SSSR count). The summed E-state index contributed by atoms with van der Waals surface area (Å²) in [7, 11) is 0. The van der Waals surface area contributed by atoms with Gasteiger partial charge in [0.05, 0.1) is 6.04 Å². The molecule has 3 aromatic rings. The molecular formula is C20H19N5O2. The number of anilines is 2. The van der Waals surface area contributed by atoms with Gasteiger partial charge in [0, 0.05) is 18.8 Å². The minimum absolute atomic E-state index is 0.184. The summed E-state index contributed by atoms with van der Waals surface area (Å²) in [5, 5.41) is 10.9. The first-order valence-electron chi connectivity index (χ1n) is 8.81. The fourth-order valence-electron chi connectivity index (χ4n) is 3.20. The summed E-state index contributed by atoms with van der Waals surface area (Å²) >= 11 is 0. The van der Waals surface area contributed by atoms with Crippen LogP contribution in [0.4, 0.5) is 11.6 Å². The molecule has 2 aromatic carbocycles. The quantitative estimate of drug-likeness (QED) is 0.771. The van der Waals surface area contributed by atoms with E-state index < -0.39 is 11.5 Å². The van der Waals surface area contributed by atoms with Crippen molar-refractivity contribution in [2.45, 2.75) is 19.5 Å². The highest BCUT2D eigenvalue weighted by Crippen LogP contribution is 2.25. The maximum atomic E-state index is 12.8. The Bertz CT molecular complexity index is 1020. The first kappa shape index (κ1) is 17.0. The Balaban J connectivity index is 1.59. The van der Waals surface area contributed by atoms with Crippen LogP contribution in [0.5, 0.6) is 0 Å². The van der Waals surface area contributed by atoms with Gasteiger partial charge in [-0.15, -0.1) is 10.2 Å². The van der Waals surface area contributed by atoms with Crippen molar-refractivity contribution in [3.05, 3.63) is 82.3 Å². The molecule has 1 amide bonds. The highest BCUT2D eigenvalue weighted by atomic mass is 16.2. The molecule has 0 radical (unpaired) electrons. The summed E-state index contributed by atoms with van der Waals surface area (Å²) in [6, 6.07) is 19.0. The van der Waals surface area contributed by atoms with Crippen molar-refractivity contribution in [2.24, 2.45) is 0 Å². The van der Waals surface area contributed by atoms with Crippen LogP contribution in [0.2, 0.25) is 0 Å². The topological polar surface area (TPSA) is 80.1 Å². The molecule has 1 aliphatic heterocycles. The lowest BCUT2D eigenvalue weighted by molar-refractivity contribution is 0.0931. The third-order valence-electron chi connectivity index (χ3n) is 4.65. The van der Waals surface area contributed by atoms with Gasteiger partial charge in [-0.25, -0.2) is 0 Å². The summed E-state index contributed by atoms with van der Waals surface area (Å²) in [5.41, 5.74) is 1.29. The average molecular weight is 361 g/mol. The predicted octanol–water partition coefficient (Wildman–Crippen LogP) is 2.28. The van der Waals surface area contributed by atoms with Gasteiger partial charge in [0.1, 0.15) is 0 Å². The van der Waals surface area contributed by atoms with Crippen LogP contribution >= 0.6 is 0 Å². The van der Waals surface area contributed by atoms with Crippen molar-refractivity contribution >= 4 is 17.5 Å². The van der Waals surface area contributed by atoms with Gasteiger partial charge in [-0.2, -0.15) is 0 Å². The molecule has 0 bridgehead atoms. The third kappa shape index (κ3) is 3.19. The molecule has 1 N–H and O–H groups in total. The lowest BCUT2D eigenvalue weighted by Gasteiger charge is -2.17. The highest BCUT2D eigenvalue weighted by molar-refractivity contribution is 5.92. The zero-order valence-corrected chi connectivity index (χ0v) is 14.9. The summed E-state index contributed by atoms with van der Waals surface area (Å²) in [4.78, 5) is 27.2.